The van der Waals surface area contributed by atoms with E-state index in [0.29, 0.717) is 4.90 Å². The smallest absolute Gasteiger partial charge is 0.356 e. The molecule has 9 heteroatoms. The number of thioether (sulfide) groups is 1. The maximum atomic E-state index is 13.3. The number of hydrogen-bond donors (Lipinski definition) is 0. The Morgan fingerprint density at radius 1 is 0.955 bits per heavy atom. The zero-order valence-corrected chi connectivity index (χ0v) is 12.5. The normalized spacial score (nSPS) is 13.5. The molecule has 126 valence electrons. The first-order valence-electron chi connectivity index (χ1n) is 6.09. The van der Waals surface area contributed by atoms with Crippen molar-refractivity contribution < 1.29 is 35.8 Å². The Kier molecular flexibility index (Phi) is 6.17. The molecule has 0 saturated heterocycles. The van der Waals surface area contributed by atoms with Gasteiger partial charge in [-0.1, -0.05) is 12.1 Å². The van der Waals surface area contributed by atoms with E-state index in [2.05, 4.69) is 9.47 Å². The van der Waals surface area contributed by atoms with E-state index >= 15 is 0 Å². The highest BCUT2D eigenvalue weighted by molar-refractivity contribution is 7.98. The van der Waals surface area contributed by atoms with Crippen LogP contribution in [0, 0.1) is 0 Å². The summed E-state index contributed by atoms with van der Waals surface area (Å²) in [7, 11) is 0. The second kappa shape index (κ2) is 7.10. The molecule has 0 atom stereocenters. The number of rotatable bonds is 6. The minimum atomic E-state index is -5.69. The van der Waals surface area contributed by atoms with Crippen molar-refractivity contribution in [2.75, 3.05) is 19.7 Å². The van der Waals surface area contributed by atoms with Gasteiger partial charge < -0.3 is 9.47 Å². The molecule has 0 unspecified atom stereocenters. The van der Waals surface area contributed by atoms with E-state index in [-0.39, 0.29) is 6.61 Å². The fourth-order valence-corrected chi connectivity index (χ4v) is 2.18. The van der Waals surface area contributed by atoms with Crippen LogP contribution in [0.5, 0.6) is 0 Å². The van der Waals surface area contributed by atoms with Gasteiger partial charge in [-0.3, -0.25) is 0 Å². The quantitative estimate of drug-likeness (QED) is 0.320. The van der Waals surface area contributed by atoms with Crippen molar-refractivity contribution in [2.24, 2.45) is 0 Å². The van der Waals surface area contributed by atoms with Gasteiger partial charge in [-0.25, -0.2) is 0 Å². The minimum absolute atomic E-state index is 0.0722. The van der Waals surface area contributed by atoms with Gasteiger partial charge in [0.25, 0.3) is 5.60 Å². The van der Waals surface area contributed by atoms with E-state index < -0.39 is 30.3 Å². The summed E-state index contributed by atoms with van der Waals surface area (Å²) in [5.74, 6) is 0. The number of hydrogen-bond acceptors (Lipinski definition) is 3. The van der Waals surface area contributed by atoms with Gasteiger partial charge in [0.2, 0.25) is 0 Å². The van der Waals surface area contributed by atoms with Crippen LogP contribution in [0.3, 0.4) is 0 Å². The monoisotopic (exact) mass is 348 g/mol. The molecular formula is C13H14F6O2S. The molecular weight excluding hydrogens is 334 g/mol. The lowest BCUT2D eigenvalue weighted by Crippen LogP contribution is -2.56. The van der Waals surface area contributed by atoms with Crippen LogP contribution in [0.25, 0.3) is 0 Å². The molecule has 0 aliphatic heterocycles. The van der Waals surface area contributed by atoms with Crippen molar-refractivity contribution in [3.05, 3.63) is 29.8 Å². The van der Waals surface area contributed by atoms with Crippen LogP contribution < -0.4 is 0 Å². The van der Waals surface area contributed by atoms with E-state index in [1.165, 1.54) is 30.8 Å². The van der Waals surface area contributed by atoms with Crippen LogP contribution in [0.15, 0.2) is 29.2 Å². The molecule has 0 aliphatic rings. The molecule has 0 aromatic heterocycles. The molecule has 2 nitrogen and oxygen atoms in total. The standard InChI is InChI=1S/C13H14F6O2S/c1-3-20-8-21-11(12(14,15)16,13(17,18)19)9-4-6-10(22-2)7-5-9/h4-7H,3,8H2,1-2H3. The molecule has 0 radical (unpaired) electrons. The summed E-state index contributed by atoms with van der Waals surface area (Å²) < 4.78 is 88.3. The molecule has 0 amide bonds. The highest BCUT2D eigenvalue weighted by Gasteiger charge is 2.73. The number of benzene rings is 1. The average molecular weight is 348 g/mol. The summed E-state index contributed by atoms with van der Waals surface area (Å²) in [6.45, 7) is 0.233. The third-order valence-electron chi connectivity index (χ3n) is 2.86. The molecule has 0 spiro atoms. The Morgan fingerprint density at radius 2 is 1.45 bits per heavy atom. The fourth-order valence-electron chi connectivity index (χ4n) is 1.77. The molecule has 0 aliphatic carbocycles. The van der Waals surface area contributed by atoms with Gasteiger partial charge >= 0.3 is 12.4 Å². The predicted molar refractivity (Wildman–Crippen MR) is 69.6 cm³/mol. The summed E-state index contributed by atoms with van der Waals surface area (Å²) in [5.41, 5.74) is -5.46. The van der Waals surface area contributed by atoms with Gasteiger partial charge in [-0.2, -0.15) is 26.3 Å². The number of alkyl halides is 6. The van der Waals surface area contributed by atoms with Crippen molar-refractivity contribution in [2.45, 2.75) is 29.8 Å². The first-order valence-corrected chi connectivity index (χ1v) is 7.32. The van der Waals surface area contributed by atoms with Gasteiger partial charge in [-0.15, -0.1) is 11.8 Å². The third kappa shape index (κ3) is 3.69. The van der Waals surface area contributed by atoms with Gasteiger partial charge in [0.1, 0.15) is 6.79 Å². The van der Waals surface area contributed by atoms with Crippen LogP contribution in [0.4, 0.5) is 26.3 Å². The average Bonchev–Trinajstić information content (AvgIpc) is 2.41. The van der Waals surface area contributed by atoms with Crippen LogP contribution >= 0.6 is 11.8 Å². The Balaban J connectivity index is 3.40. The maximum absolute atomic E-state index is 13.3. The van der Waals surface area contributed by atoms with E-state index in [4.69, 9.17) is 0 Å². The summed E-state index contributed by atoms with van der Waals surface area (Å²) in [6.07, 6.45) is -9.73. The predicted octanol–water partition coefficient (Wildman–Crippen LogP) is 4.74. The molecule has 1 aromatic carbocycles. The van der Waals surface area contributed by atoms with E-state index in [1.807, 2.05) is 0 Å². The first kappa shape index (κ1) is 19.1. The van der Waals surface area contributed by atoms with Crippen LogP contribution in [0.2, 0.25) is 0 Å². The van der Waals surface area contributed by atoms with Crippen molar-refractivity contribution >= 4 is 11.8 Å². The Hall–Kier alpha value is -0.930. The van der Waals surface area contributed by atoms with Crippen molar-refractivity contribution in [3.8, 4) is 0 Å². The Morgan fingerprint density at radius 3 is 1.82 bits per heavy atom. The minimum Gasteiger partial charge on any atom is -0.356 e. The lowest BCUT2D eigenvalue weighted by molar-refractivity contribution is -0.401. The van der Waals surface area contributed by atoms with Gasteiger partial charge in [-0.05, 0) is 25.3 Å². The second-order valence-corrected chi connectivity index (χ2v) is 5.04. The van der Waals surface area contributed by atoms with Crippen molar-refractivity contribution in [3.63, 3.8) is 0 Å². The lowest BCUT2D eigenvalue weighted by atomic mass is 9.92. The summed E-state index contributed by atoms with van der Waals surface area (Å²) in [5, 5.41) is 0. The summed E-state index contributed by atoms with van der Waals surface area (Å²) in [6, 6.07) is 3.88. The first-order chi connectivity index (χ1) is 10.1. The van der Waals surface area contributed by atoms with Crippen molar-refractivity contribution in [1.29, 1.82) is 0 Å². The van der Waals surface area contributed by atoms with Gasteiger partial charge in [0, 0.05) is 17.1 Å². The summed E-state index contributed by atoms with van der Waals surface area (Å²) >= 11 is 1.20. The molecule has 0 saturated carbocycles. The fraction of sp³-hybridized carbons (Fsp3) is 0.538. The molecule has 0 heterocycles. The highest BCUT2D eigenvalue weighted by atomic mass is 32.2. The van der Waals surface area contributed by atoms with E-state index in [1.54, 1.807) is 6.26 Å². The highest BCUT2D eigenvalue weighted by Crippen LogP contribution is 2.53. The zero-order valence-electron chi connectivity index (χ0n) is 11.7. The Labute approximate surface area is 127 Å². The molecule has 1 aromatic rings. The zero-order chi connectivity index (χ0) is 17.0. The van der Waals surface area contributed by atoms with E-state index in [9.17, 15) is 26.3 Å². The molecule has 0 fully saturated rings. The number of ether oxygens (including phenoxy) is 2. The van der Waals surface area contributed by atoms with Crippen LogP contribution in [-0.4, -0.2) is 32.0 Å². The third-order valence-corrected chi connectivity index (χ3v) is 3.60. The molecule has 0 bridgehead atoms. The molecule has 22 heavy (non-hydrogen) atoms. The topological polar surface area (TPSA) is 18.5 Å². The van der Waals surface area contributed by atoms with Crippen LogP contribution in [-0.2, 0) is 15.1 Å². The molecule has 0 N–H and O–H groups in total. The van der Waals surface area contributed by atoms with Crippen LogP contribution in [0.1, 0.15) is 12.5 Å². The second-order valence-electron chi connectivity index (χ2n) is 4.16. The summed E-state index contributed by atoms with van der Waals surface area (Å²) in [4.78, 5) is 0.534. The van der Waals surface area contributed by atoms with Gasteiger partial charge in [0.05, 0.1) is 0 Å². The Bertz CT molecular complexity index is 455. The maximum Gasteiger partial charge on any atom is 0.430 e. The SMILES string of the molecule is CCOCOC(c1ccc(SC)cc1)(C(F)(F)F)C(F)(F)F. The van der Waals surface area contributed by atoms with E-state index in [0.717, 1.165) is 12.1 Å². The lowest BCUT2D eigenvalue weighted by Gasteiger charge is -2.37. The van der Waals surface area contributed by atoms with Gasteiger partial charge in [0.15, 0.2) is 0 Å². The molecule has 1 rings (SSSR count). The largest absolute Gasteiger partial charge is 0.430 e. The number of halogens is 6. The van der Waals surface area contributed by atoms with Crippen molar-refractivity contribution in [1.82, 2.24) is 0 Å².